The SMILES string of the molecule is Cc1ccc(-c2nn(Cc3ccccc3)cc2C(=O)Nc2ccc(F)cc2)cc1. The van der Waals surface area contributed by atoms with Gasteiger partial charge < -0.3 is 5.32 Å². The molecule has 0 aliphatic carbocycles. The van der Waals surface area contributed by atoms with Gasteiger partial charge in [-0.25, -0.2) is 4.39 Å². The lowest BCUT2D eigenvalue weighted by molar-refractivity contribution is 0.102. The van der Waals surface area contributed by atoms with E-state index in [4.69, 9.17) is 0 Å². The Labute approximate surface area is 168 Å². The summed E-state index contributed by atoms with van der Waals surface area (Å²) < 4.78 is 14.9. The molecule has 0 unspecified atom stereocenters. The average Bonchev–Trinajstić information content (AvgIpc) is 3.15. The van der Waals surface area contributed by atoms with Crippen molar-refractivity contribution in [1.82, 2.24) is 9.78 Å². The van der Waals surface area contributed by atoms with Crippen LogP contribution in [0.3, 0.4) is 0 Å². The summed E-state index contributed by atoms with van der Waals surface area (Å²) in [6.07, 6.45) is 1.75. The van der Waals surface area contributed by atoms with Crippen LogP contribution in [0.15, 0.2) is 85.1 Å². The monoisotopic (exact) mass is 385 g/mol. The topological polar surface area (TPSA) is 46.9 Å². The standard InChI is InChI=1S/C24H20FN3O/c1-17-7-9-19(10-8-17)23-22(24(29)26-21-13-11-20(25)12-14-21)16-28(27-23)15-18-5-3-2-4-6-18/h2-14,16H,15H2,1H3,(H,26,29). The number of aryl methyl sites for hydroxylation is 1. The Morgan fingerprint density at radius 1 is 0.966 bits per heavy atom. The maximum absolute atomic E-state index is 13.1. The molecule has 1 heterocycles. The molecule has 0 radical (unpaired) electrons. The van der Waals surface area contributed by atoms with E-state index >= 15 is 0 Å². The Balaban J connectivity index is 1.68. The van der Waals surface area contributed by atoms with Crippen LogP contribution in [0.2, 0.25) is 0 Å². The number of hydrogen-bond acceptors (Lipinski definition) is 2. The van der Waals surface area contributed by atoms with E-state index in [9.17, 15) is 9.18 Å². The number of carbonyl (C=O) groups is 1. The van der Waals surface area contributed by atoms with Crippen molar-refractivity contribution in [3.8, 4) is 11.3 Å². The van der Waals surface area contributed by atoms with Gasteiger partial charge in [0.05, 0.1) is 12.1 Å². The molecular formula is C24H20FN3O. The van der Waals surface area contributed by atoms with Gasteiger partial charge in [0, 0.05) is 17.4 Å². The van der Waals surface area contributed by atoms with Gasteiger partial charge in [0.1, 0.15) is 11.5 Å². The van der Waals surface area contributed by atoms with Crippen molar-refractivity contribution < 1.29 is 9.18 Å². The number of halogens is 1. The first kappa shape index (κ1) is 18.6. The molecule has 0 saturated heterocycles. The van der Waals surface area contributed by atoms with Crippen LogP contribution in [0.1, 0.15) is 21.5 Å². The van der Waals surface area contributed by atoms with E-state index in [1.165, 1.54) is 24.3 Å². The number of nitrogens with one attached hydrogen (secondary N) is 1. The number of carbonyl (C=O) groups excluding carboxylic acids is 1. The number of anilines is 1. The minimum absolute atomic E-state index is 0.286. The van der Waals surface area contributed by atoms with Crippen molar-refractivity contribution >= 4 is 11.6 Å². The summed E-state index contributed by atoms with van der Waals surface area (Å²) in [6.45, 7) is 2.57. The van der Waals surface area contributed by atoms with Crippen LogP contribution in [0, 0.1) is 12.7 Å². The van der Waals surface area contributed by atoms with E-state index in [2.05, 4.69) is 10.4 Å². The van der Waals surface area contributed by atoms with Gasteiger partial charge in [-0.15, -0.1) is 0 Å². The first-order chi connectivity index (χ1) is 14.1. The van der Waals surface area contributed by atoms with Gasteiger partial charge in [-0.2, -0.15) is 5.10 Å². The van der Waals surface area contributed by atoms with Gasteiger partial charge in [0.2, 0.25) is 0 Å². The minimum atomic E-state index is -0.348. The summed E-state index contributed by atoms with van der Waals surface area (Å²) in [7, 11) is 0. The molecule has 144 valence electrons. The lowest BCUT2D eigenvalue weighted by Gasteiger charge is -2.05. The van der Waals surface area contributed by atoms with Crippen LogP contribution < -0.4 is 5.32 Å². The van der Waals surface area contributed by atoms with Crippen LogP contribution in [-0.4, -0.2) is 15.7 Å². The maximum Gasteiger partial charge on any atom is 0.259 e. The lowest BCUT2D eigenvalue weighted by Crippen LogP contribution is -2.12. The Bertz CT molecular complexity index is 1120. The van der Waals surface area contributed by atoms with E-state index in [0.29, 0.717) is 23.5 Å². The average molecular weight is 385 g/mol. The van der Waals surface area contributed by atoms with Crippen LogP contribution >= 0.6 is 0 Å². The highest BCUT2D eigenvalue weighted by Gasteiger charge is 2.18. The van der Waals surface area contributed by atoms with Gasteiger partial charge in [-0.3, -0.25) is 9.48 Å². The minimum Gasteiger partial charge on any atom is -0.322 e. The first-order valence-corrected chi connectivity index (χ1v) is 9.34. The number of rotatable bonds is 5. The summed E-state index contributed by atoms with van der Waals surface area (Å²) in [6, 6.07) is 23.6. The molecule has 0 bridgehead atoms. The molecule has 0 aliphatic rings. The second-order valence-corrected chi connectivity index (χ2v) is 6.90. The van der Waals surface area contributed by atoms with E-state index < -0.39 is 0 Å². The lowest BCUT2D eigenvalue weighted by atomic mass is 10.1. The molecule has 4 rings (SSSR count). The molecule has 1 N–H and O–H groups in total. The molecule has 3 aromatic carbocycles. The van der Waals surface area contributed by atoms with Crippen LogP contribution in [-0.2, 0) is 6.54 Å². The number of amides is 1. The van der Waals surface area contributed by atoms with E-state index in [1.54, 1.807) is 10.9 Å². The maximum atomic E-state index is 13.1. The molecule has 4 aromatic rings. The summed E-state index contributed by atoms with van der Waals surface area (Å²) in [4.78, 5) is 13.0. The third kappa shape index (κ3) is 4.41. The molecule has 1 amide bonds. The predicted octanol–water partition coefficient (Wildman–Crippen LogP) is 5.30. The number of hydrogen-bond donors (Lipinski definition) is 1. The van der Waals surface area contributed by atoms with E-state index in [1.807, 2.05) is 61.5 Å². The fraction of sp³-hybridized carbons (Fsp3) is 0.0833. The zero-order valence-electron chi connectivity index (χ0n) is 16.0. The highest BCUT2D eigenvalue weighted by Crippen LogP contribution is 2.24. The summed E-state index contributed by atoms with van der Waals surface area (Å²) >= 11 is 0. The molecule has 5 heteroatoms. The predicted molar refractivity (Wildman–Crippen MR) is 112 cm³/mol. The Morgan fingerprint density at radius 2 is 1.66 bits per heavy atom. The van der Waals surface area contributed by atoms with Gasteiger partial charge in [-0.1, -0.05) is 60.2 Å². The highest BCUT2D eigenvalue weighted by atomic mass is 19.1. The summed E-state index contributed by atoms with van der Waals surface area (Å²) in [5.41, 5.74) is 4.70. The Hall–Kier alpha value is -3.73. The third-order valence-electron chi connectivity index (χ3n) is 4.62. The summed E-state index contributed by atoms with van der Waals surface area (Å²) in [5, 5.41) is 7.50. The van der Waals surface area contributed by atoms with Crippen molar-refractivity contribution in [3.63, 3.8) is 0 Å². The fourth-order valence-electron chi connectivity index (χ4n) is 3.10. The quantitative estimate of drug-likeness (QED) is 0.507. The Morgan fingerprint density at radius 3 is 2.34 bits per heavy atom. The zero-order chi connectivity index (χ0) is 20.2. The van der Waals surface area contributed by atoms with Crippen molar-refractivity contribution in [1.29, 1.82) is 0 Å². The van der Waals surface area contributed by atoms with Crippen molar-refractivity contribution in [3.05, 3.63) is 108 Å². The van der Waals surface area contributed by atoms with Gasteiger partial charge in [0.25, 0.3) is 5.91 Å². The molecule has 1 aromatic heterocycles. The third-order valence-corrected chi connectivity index (χ3v) is 4.62. The molecule has 0 aliphatic heterocycles. The van der Waals surface area contributed by atoms with Crippen LogP contribution in [0.4, 0.5) is 10.1 Å². The van der Waals surface area contributed by atoms with Crippen molar-refractivity contribution in [2.45, 2.75) is 13.5 Å². The van der Waals surface area contributed by atoms with Crippen LogP contribution in [0.25, 0.3) is 11.3 Å². The molecule has 0 saturated carbocycles. The molecule has 0 fully saturated rings. The van der Waals surface area contributed by atoms with Gasteiger partial charge >= 0.3 is 0 Å². The normalized spacial score (nSPS) is 10.7. The second kappa shape index (κ2) is 8.10. The van der Waals surface area contributed by atoms with Gasteiger partial charge in [-0.05, 0) is 36.8 Å². The van der Waals surface area contributed by atoms with E-state index in [-0.39, 0.29) is 11.7 Å². The van der Waals surface area contributed by atoms with Crippen LogP contribution in [0.5, 0.6) is 0 Å². The van der Waals surface area contributed by atoms with Gasteiger partial charge in [0.15, 0.2) is 0 Å². The molecule has 4 nitrogen and oxygen atoms in total. The summed E-state index contributed by atoms with van der Waals surface area (Å²) in [5.74, 6) is -0.634. The molecular weight excluding hydrogens is 365 g/mol. The molecule has 0 atom stereocenters. The van der Waals surface area contributed by atoms with Crippen molar-refractivity contribution in [2.24, 2.45) is 0 Å². The number of aromatic nitrogens is 2. The van der Waals surface area contributed by atoms with Crippen molar-refractivity contribution in [2.75, 3.05) is 5.32 Å². The molecule has 29 heavy (non-hydrogen) atoms. The van der Waals surface area contributed by atoms with E-state index in [0.717, 1.165) is 16.7 Å². The smallest absolute Gasteiger partial charge is 0.259 e. The number of benzene rings is 3. The number of nitrogens with zero attached hydrogens (tertiary/aromatic N) is 2. The Kier molecular flexibility index (Phi) is 5.20. The fourth-order valence-corrected chi connectivity index (χ4v) is 3.10. The second-order valence-electron chi connectivity index (χ2n) is 6.90. The first-order valence-electron chi connectivity index (χ1n) is 9.34. The highest BCUT2D eigenvalue weighted by molar-refractivity contribution is 6.08. The zero-order valence-corrected chi connectivity index (χ0v) is 16.0. The largest absolute Gasteiger partial charge is 0.322 e. The molecule has 0 spiro atoms.